The van der Waals surface area contributed by atoms with Crippen LogP contribution in [0.5, 0.6) is 0 Å². The van der Waals surface area contributed by atoms with Gasteiger partial charge in [-0.3, -0.25) is 14.4 Å². The summed E-state index contributed by atoms with van der Waals surface area (Å²) in [7, 11) is 0. The zero-order valence-electron chi connectivity index (χ0n) is 16.1. The van der Waals surface area contributed by atoms with Gasteiger partial charge in [-0.25, -0.2) is 0 Å². The summed E-state index contributed by atoms with van der Waals surface area (Å²) in [6.07, 6.45) is 1.66. The number of benzene rings is 1. The molecule has 0 bridgehead atoms. The minimum atomic E-state index is -0.380. The van der Waals surface area contributed by atoms with E-state index >= 15 is 0 Å². The highest BCUT2D eigenvalue weighted by atomic mass is 35.5. The number of halogens is 1. The number of anilines is 1. The average molecular weight is 416 g/mol. The fraction of sp³-hybridized carbons (Fsp3) is 0.381. The number of rotatable bonds is 3. The number of furan rings is 1. The van der Waals surface area contributed by atoms with E-state index in [1.165, 1.54) is 6.26 Å². The average Bonchev–Trinajstić information content (AvgIpc) is 3.39. The summed E-state index contributed by atoms with van der Waals surface area (Å²) in [5, 5.41) is 0.599. The first kappa shape index (κ1) is 19.5. The van der Waals surface area contributed by atoms with Gasteiger partial charge in [0.15, 0.2) is 5.76 Å². The Bertz CT molecular complexity index is 935. The zero-order chi connectivity index (χ0) is 20.5. The number of nitrogens with zero attached hydrogens (tertiary/aromatic N) is 3. The van der Waals surface area contributed by atoms with Crippen molar-refractivity contribution in [1.29, 1.82) is 0 Å². The van der Waals surface area contributed by atoms with E-state index in [9.17, 15) is 14.4 Å². The van der Waals surface area contributed by atoms with Crippen LogP contribution in [0.3, 0.4) is 0 Å². The van der Waals surface area contributed by atoms with Crippen molar-refractivity contribution in [2.75, 3.05) is 37.6 Å². The fourth-order valence-electron chi connectivity index (χ4n) is 3.82. The molecule has 0 aliphatic carbocycles. The Labute approximate surface area is 173 Å². The molecule has 2 aromatic rings. The Kier molecular flexibility index (Phi) is 5.32. The van der Waals surface area contributed by atoms with Gasteiger partial charge in [0.25, 0.3) is 5.91 Å². The number of hydrogen-bond donors (Lipinski definition) is 0. The Morgan fingerprint density at radius 3 is 2.48 bits per heavy atom. The van der Waals surface area contributed by atoms with Gasteiger partial charge in [0.05, 0.1) is 12.2 Å². The minimum Gasteiger partial charge on any atom is -0.459 e. The number of amides is 3. The normalized spacial score (nSPS) is 19.7. The quantitative estimate of drug-likeness (QED) is 0.772. The monoisotopic (exact) mass is 415 g/mol. The molecule has 0 spiro atoms. The van der Waals surface area contributed by atoms with Gasteiger partial charge >= 0.3 is 0 Å². The van der Waals surface area contributed by atoms with Gasteiger partial charge in [-0.05, 0) is 36.8 Å². The summed E-state index contributed by atoms with van der Waals surface area (Å²) >= 11 is 6.18. The van der Waals surface area contributed by atoms with Gasteiger partial charge in [-0.15, -0.1) is 0 Å². The molecule has 3 amide bonds. The van der Waals surface area contributed by atoms with Crippen LogP contribution in [0.1, 0.15) is 22.5 Å². The topological polar surface area (TPSA) is 74.1 Å². The van der Waals surface area contributed by atoms with Crippen LogP contribution < -0.4 is 4.90 Å². The summed E-state index contributed by atoms with van der Waals surface area (Å²) < 4.78 is 5.16. The van der Waals surface area contributed by atoms with Crippen molar-refractivity contribution in [3.63, 3.8) is 0 Å². The zero-order valence-corrected chi connectivity index (χ0v) is 16.9. The maximum Gasteiger partial charge on any atom is 0.289 e. The summed E-state index contributed by atoms with van der Waals surface area (Å²) in [4.78, 5) is 42.9. The second-order valence-electron chi connectivity index (χ2n) is 7.43. The first-order chi connectivity index (χ1) is 13.9. The molecule has 4 rings (SSSR count). The Morgan fingerprint density at radius 2 is 1.83 bits per heavy atom. The number of aryl methyl sites for hydroxylation is 1. The molecular formula is C21H22ClN3O4. The molecule has 1 aromatic carbocycles. The molecule has 0 radical (unpaired) electrons. The molecular weight excluding hydrogens is 394 g/mol. The standard InChI is InChI=1S/C21H22ClN3O4/c1-14-4-5-16(12-17(14)22)25-13-15(11-19(25)26)20(27)23-6-8-24(9-7-23)21(28)18-3-2-10-29-18/h2-5,10,12,15H,6-9,11,13H2,1H3/t15-/m1/s1. The Morgan fingerprint density at radius 1 is 1.10 bits per heavy atom. The van der Waals surface area contributed by atoms with Crippen LogP contribution in [0.2, 0.25) is 5.02 Å². The molecule has 2 aliphatic rings. The Hall–Kier alpha value is -2.80. The molecule has 0 saturated carbocycles. The van der Waals surface area contributed by atoms with Gasteiger partial charge < -0.3 is 19.1 Å². The lowest BCUT2D eigenvalue weighted by molar-refractivity contribution is -0.137. The van der Waals surface area contributed by atoms with Gasteiger partial charge in [-0.2, -0.15) is 0 Å². The number of hydrogen-bond acceptors (Lipinski definition) is 4. The maximum atomic E-state index is 12.9. The van der Waals surface area contributed by atoms with E-state index in [1.54, 1.807) is 32.9 Å². The van der Waals surface area contributed by atoms with E-state index in [4.69, 9.17) is 16.0 Å². The number of carbonyl (C=O) groups excluding carboxylic acids is 3. The summed E-state index contributed by atoms with van der Waals surface area (Å²) in [6, 6.07) is 8.80. The van der Waals surface area contributed by atoms with Crippen LogP contribution in [-0.4, -0.2) is 60.2 Å². The van der Waals surface area contributed by atoms with Crippen LogP contribution in [0.15, 0.2) is 41.0 Å². The lowest BCUT2D eigenvalue weighted by atomic mass is 10.1. The van der Waals surface area contributed by atoms with Crippen LogP contribution >= 0.6 is 11.6 Å². The molecule has 0 N–H and O–H groups in total. The SMILES string of the molecule is Cc1ccc(N2C[C@H](C(=O)N3CCN(C(=O)c4ccco4)CC3)CC2=O)cc1Cl. The van der Waals surface area contributed by atoms with Crippen LogP contribution in [0.4, 0.5) is 5.69 Å². The first-order valence-corrected chi connectivity index (χ1v) is 10.00. The van der Waals surface area contributed by atoms with Crippen molar-refractivity contribution in [2.24, 2.45) is 5.92 Å². The lowest BCUT2D eigenvalue weighted by Crippen LogP contribution is -2.52. The molecule has 8 heteroatoms. The molecule has 152 valence electrons. The number of piperazine rings is 1. The van der Waals surface area contributed by atoms with E-state index in [1.807, 2.05) is 19.1 Å². The third-order valence-corrected chi connectivity index (χ3v) is 5.96. The summed E-state index contributed by atoms with van der Waals surface area (Å²) in [5.74, 6) is -0.354. The molecule has 1 aromatic heterocycles. The highest BCUT2D eigenvalue weighted by molar-refractivity contribution is 6.31. The minimum absolute atomic E-state index is 0.0378. The smallest absolute Gasteiger partial charge is 0.289 e. The van der Waals surface area contributed by atoms with Crippen LogP contribution in [0.25, 0.3) is 0 Å². The van der Waals surface area contributed by atoms with Crippen LogP contribution in [-0.2, 0) is 9.59 Å². The number of carbonyl (C=O) groups is 3. The molecule has 3 heterocycles. The van der Waals surface area contributed by atoms with E-state index in [0.29, 0.717) is 43.5 Å². The van der Waals surface area contributed by atoms with E-state index < -0.39 is 0 Å². The fourth-order valence-corrected chi connectivity index (χ4v) is 3.99. The molecule has 2 saturated heterocycles. The van der Waals surface area contributed by atoms with E-state index in [-0.39, 0.29) is 30.1 Å². The third kappa shape index (κ3) is 3.87. The largest absolute Gasteiger partial charge is 0.459 e. The highest BCUT2D eigenvalue weighted by Gasteiger charge is 2.38. The van der Waals surface area contributed by atoms with Crippen molar-refractivity contribution < 1.29 is 18.8 Å². The molecule has 29 heavy (non-hydrogen) atoms. The van der Waals surface area contributed by atoms with Gasteiger partial charge in [0.1, 0.15) is 0 Å². The summed E-state index contributed by atoms with van der Waals surface area (Å²) in [6.45, 7) is 4.05. The lowest BCUT2D eigenvalue weighted by Gasteiger charge is -2.35. The van der Waals surface area contributed by atoms with Crippen molar-refractivity contribution in [3.8, 4) is 0 Å². The van der Waals surface area contributed by atoms with Crippen molar-refractivity contribution in [2.45, 2.75) is 13.3 Å². The predicted octanol–water partition coefficient (Wildman–Crippen LogP) is 2.58. The molecule has 0 unspecified atom stereocenters. The van der Waals surface area contributed by atoms with Crippen molar-refractivity contribution in [3.05, 3.63) is 52.9 Å². The molecule has 1 atom stereocenters. The second-order valence-corrected chi connectivity index (χ2v) is 7.84. The van der Waals surface area contributed by atoms with E-state index in [2.05, 4.69) is 0 Å². The second kappa shape index (κ2) is 7.91. The van der Waals surface area contributed by atoms with E-state index in [0.717, 1.165) is 11.3 Å². The molecule has 2 aliphatic heterocycles. The Balaban J connectivity index is 1.36. The highest BCUT2D eigenvalue weighted by Crippen LogP contribution is 2.29. The first-order valence-electron chi connectivity index (χ1n) is 9.62. The van der Waals surface area contributed by atoms with Crippen LogP contribution in [0, 0.1) is 12.8 Å². The molecule has 2 fully saturated rings. The summed E-state index contributed by atoms with van der Waals surface area (Å²) in [5.41, 5.74) is 1.66. The van der Waals surface area contributed by atoms with Gasteiger partial charge in [0, 0.05) is 49.9 Å². The third-order valence-electron chi connectivity index (χ3n) is 5.55. The van der Waals surface area contributed by atoms with Crippen molar-refractivity contribution >= 4 is 35.0 Å². The maximum absolute atomic E-state index is 12.9. The van der Waals surface area contributed by atoms with Crippen molar-refractivity contribution in [1.82, 2.24) is 9.80 Å². The molecule has 7 nitrogen and oxygen atoms in total. The predicted molar refractivity (Wildman–Crippen MR) is 108 cm³/mol. The van der Waals surface area contributed by atoms with Gasteiger partial charge in [-0.1, -0.05) is 17.7 Å². The van der Waals surface area contributed by atoms with Gasteiger partial charge in [0.2, 0.25) is 11.8 Å².